The minimum absolute atomic E-state index is 0. The Labute approximate surface area is 124 Å². The zero-order valence-electron chi connectivity index (χ0n) is 10.2. The van der Waals surface area contributed by atoms with E-state index in [4.69, 9.17) is 0 Å². The summed E-state index contributed by atoms with van der Waals surface area (Å²) >= 11 is 1.68. The molecule has 1 rings (SSSR count). The molecule has 0 saturated carbocycles. The number of aromatic nitrogens is 1. The number of aryl methyl sites for hydroxylation is 1. The van der Waals surface area contributed by atoms with E-state index in [9.17, 15) is 0 Å². The lowest BCUT2D eigenvalue weighted by Crippen LogP contribution is -2.37. The van der Waals surface area contributed by atoms with Crippen molar-refractivity contribution in [1.82, 2.24) is 15.6 Å². The summed E-state index contributed by atoms with van der Waals surface area (Å²) in [5.41, 5.74) is 0. The van der Waals surface area contributed by atoms with Crippen molar-refractivity contribution < 1.29 is 0 Å². The van der Waals surface area contributed by atoms with E-state index in [0.717, 1.165) is 17.5 Å². The lowest BCUT2D eigenvalue weighted by molar-refractivity contribution is 0.858. The van der Waals surface area contributed by atoms with Crippen LogP contribution in [-0.4, -0.2) is 24.0 Å². The van der Waals surface area contributed by atoms with Crippen LogP contribution < -0.4 is 10.6 Å². The maximum absolute atomic E-state index is 4.43. The summed E-state index contributed by atoms with van der Waals surface area (Å²) in [5, 5.41) is 7.34. The number of aliphatic imine (C=N–C) groups is 1. The van der Waals surface area contributed by atoms with Gasteiger partial charge in [-0.15, -0.1) is 41.9 Å². The first-order valence-corrected chi connectivity index (χ1v) is 6.12. The van der Waals surface area contributed by atoms with Crippen molar-refractivity contribution in [2.24, 2.45) is 4.99 Å². The summed E-state index contributed by atoms with van der Waals surface area (Å²) in [6.45, 7) is 9.92. The molecule has 0 spiro atoms. The third-order valence-electron chi connectivity index (χ3n) is 1.80. The van der Waals surface area contributed by atoms with Crippen molar-refractivity contribution in [2.45, 2.75) is 20.4 Å². The van der Waals surface area contributed by atoms with Crippen molar-refractivity contribution in [1.29, 1.82) is 0 Å². The van der Waals surface area contributed by atoms with Crippen LogP contribution in [0.4, 0.5) is 0 Å². The predicted octanol–water partition coefficient (Wildman–Crippen LogP) is 2.31. The number of thiazole rings is 1. The molecular weight excluding hydrogens is 347 g/mol. The first-order valence-electron chi connectivity index (χ1n) is 5.30. The fourth-order valence-electron chi connectivity index (χ4n) is 1.13. The highest BCUT2D eigenvalue weighted by molar-refractivity contribution is 14.0. The molecule has 0 atom stereocenters. The van der Waals surface area contributed by atoms with Crippen molar-refractivity contribution in [3.63, 3.8) is 0 Å². The highest BCUT2D eigenvalue weighted by Gasteiger charge is 1.99. The Kier molecular flexibility index (Phi) is 9.06. The molecule has 0 aromatic carbocycles. The Bertz CT molecular complexity index is 362. The summed E-state index contributed by atoms with van der Waals surface area (Å²) in [4.78, 5) is 9.91. The van der Waals surface area contributed by atoms with E-state index in [1.54, 1.807) is 17.4 Å². The van der Waals surface area contributed by atoms with Gasteiger partial charge in [0.1, 0.15) is 5.01 Å². The number of halogens is 1. The molecule has 1 aromatic heterocycles. The molecule has 2 N–H and O–H groups in total. The van der Waals surface area contributed by atoms with E-state index in [2.05, 4.69) is 27.2 Å². The largest absolute Gasteiger partial charge is 0.357 e. The average Bonchev–Trinajstić information content (AvgIpc) is 2.68. The topological polar surface area (TPSA) is 49.3 Å². The van der Waals surface area contributed by atoms with Crippen LogP contribution >= 0.6 is 35.3 Å². The Morgan fingerprint density at radius 1 is 1.59 bits per heavy atom. The molecule has 4 nitrogen and oxygen atoms in total. The molecule has 0 amide bonds. The smallest absolute Gasteiger partial charge is 0.191 e. The van der Waals surface area contributed by atoms with Gasteiger partial charge >= 0.3 is 0 Å². The van der Waals surface area contributed by atoms with Gasteiger partial charge < -0.3 is 10.6 Å². The molecule has 0 aliphatic heterocycles. The fourth-order valence-corrected chi connectivity index (χ4v) is 1.84. The predicted molar refractivity (Wildman–Crippen MR) is 85.3 cm³/mol. The standard InChI is InChI=1S/C11H18N4S.HI/c1-4-6-13-11(12-5-2)15-8-10-14-7-9(3)16-10;/h4,7H,1,5-6,8H2,2-3H3,(H2,12,13,15);1H. The van der Waals surface area contributed by atoms with E-state index in [1.807, 2.05) is 20.0 Å². The number of guanidine groups is 1. The van der Waals surface area contributed by atoms with E-state index in [-0.39, 0.29) is 24.0 Å². The molecule has 0 saturated heterocycles. The SMILES string of the molecule is C=CCNC(=NCc1ncc(C)s1)NCC.I. The molecule has 0 aliphatic carbocycles. The number of hydrogen-bond donors (Lipinski definition) is 2. The molecule has 0 bridgehead atoms. The molecule has 0 radical (unpaired) electrons. The second-order valence-electron chi connectivity index (χ2n) is 3.23. The van der Waals surface area contributed by atoms with Gasteiger partial charge in [0.2, 0.25) is 0 Å². The van der Waals surface area contributed by atoms with Gasteiger partial charge in [-0.3, -0.25) is 0 Å². The van der Waals surface area contributed by atoms with Gasteiger partial charge in [0.15, 0.2) is 5.96 Å². The third kappa shape index (κ3) is 6.62. The van der Waals surface area contributed by atoms with Gasteiger partial charge in [-0.05, 0) is 13.8 Å². The van der Waals surface area contributed by atoms with Gasteiger partial charge in [-0.1, -0.05) is 6.08 Å². The third-order valence-corrected chi connectivity index (χ3v) is 2.70. The molecule has 1 aromatic rings. The molecule has 0 unspecified atom stereocenters. The van der Waals surface area contributed by atoms with Gasteiger partial charge in [-0.25, -0.2) is 9.98 Å². The summed E-state index contributed by atoms with van der Waals surface area (Å²) in [7, 11) is 0. The van der Waals surface area contributed by atoms with Gasteiger partial charge in [0.05, 0.1) is 6.54 Å². The molecule has 1 heterocycles. The van der Waals surface area contributed by atoms with Crippen LogP contribution in [0.1, 0.15) is 16.8 Å². The summed E-state index contributed by atoms with van der Waals surface area (Å²) in [6, 6.07) is 0. The number of nitrogens with one attached hydrogen (secondary N) is 2. The second-order valence-corrected chi connectivity index (χ2v) is 4.55. The van der Waals surface area contributed by atoms with E-state index in [1.165, 1.54) is 4.88 Å². The molecule has 17 heavy (non-hydrogen) atoms. The zero-order valence-corrected chi connectivity index (χ0v) is 13.3. The highest BCUT2D eigenvalue weighted by Crippen LogP contribution is 2.11. The monoisotopic (exact) mass is 366 g/mol. The van der Waals surface area contributed by atoms with Gasteiger partial charge in [0, 0.05) is 24.2 Å². The lowest BCUT2D eigenvalue weighted by atomic mass is 10.6. The Morgan fingerprint density at radius 2 is 2.35 bits per heavy atom. The van der Waals surface area contributed by atoms with E-state index < -0.39 is 0 Å². The van der Waals surface area contributed by atoms with Crippen LogP contribution in [0, 0.1) is 6.92 Å². The average molecular weight is 366 g/mol. The minimum atomic E-state index is 0. The van der Waals surface area contributed by atoms with Crippen molar-refractivity contribution in [3.05, 3.63) is 28.7 Å². The van der Waals surface area contributed by atoms with Crippen molar-refractivity contribution in [3.8, 4) is 0 Å². The molecule has 0 fully saturated rings. The minimum Gasteiger partial charge on any atom is -0.357 e. The van der Waals surface area contributed by atoms with Crippen molar-refractivity contribution >= 4 is 41.3 Å². The van der Waals surface area contributed by atoms with Crippen molar-refractivity contribution in [2.75, 3.05) is 13.1 Å². The van der Waals surface area contributed by atoms with Crippen LogP contribution in [-0.2, 0) is 6.54 Å². The fraction of sp³-hybridized carbons (Fsp3) is 0.455. The Balaban J connectivity index is 0.00000256. The number of rotatable bonds is 5. The maximum Gasteiger partial charge on any atom is 0.191 e. The summed E-state index contributed by atoms with van der Waals surface area (Å²) in [6.07, 6.45) is 3.68. The Hall–Kier alpha value is -0.630. The molecule has 0 aliphatic rings. The highest BCUT2D eigenvalue weighted by atomic mass is 127. The van der Waals surface area contributed by atoms with Gasteiger partial charge in [0.25, 0.3) is 0 Å². The molecule has 96 valence electrons. The van der Waals surface area contributed by atoms with E-state index >= 15 is 0 Å². The number of hydrogen-bond acceptors (Lipinski definition) is 3. The van der Waals surface area contributed by atoms with Crippen LogP contribution in [0.15, 0.2) is 23.8 Å². The Morgan fingerprint density at radius 3 is 2.88 bits per heavy atom. The quantitative estimate of drug-likeness (QED) is 0.364. The zero-order chi connectivity index (χ0) is 11.8. The summed E-state index contributed by atoms with van der Waals surface area (Å²) in [5.74, 6) is 0.801. The maximum atomic E-state index is 4.43. The lowest BCUT2D eigenvalue weighted by Gasteiger charge is -2.08. The molecular formula is C11H19IN4S. The van der Waals surface area contributed by atoms with Crippen LogP contribution in [0.5, 0.6) is 0 Å². The first-order chi connectivity index (χ1) is 7.76. The number of nitrogens with zero attached hydrogens (tertiary/aromatic N) is 2. The second kappa shape index (κ2) is 9.41. The first kappa shape index (κ1) is 16.4. The van der Waals surface area contributed by atoms with Crippen LogP contribution in [0.2, 0.25) is 0 Å². The van der Waals surface area contributed by atoms with Crippen LogP contribution in [0.25, 0.3) is 0 Å². The van der Waals surface area contributed by atoms with Crippen LogP contribution in [0.3, 0.4) is 0 Å². The van der Waals surface area contributed by atoms with E-state index in [0.29, 0.717) is 13.1 Å². The molecule has 6 heteroatoms. The van der Waals surface area contributed by atoms with Gasteiger partial charge in [-0.2, -0.15) is 0 Å². The summed E-state index contributed by atoms with van der Waals surface area (Å²) < 4.78 is 0. The normalized spacial score (nSPS) is 10.6.